The summed E-state index contributed by atoms with van der Waals surface area (Å²) in [6, 6.07) is 15.6. The van der Waals surface area contributed by atoms with Gasteiger partial charge >= 0.3 is 5.97 Å². The van der Waals surface area contributed by atoms with Crippen LogP contribution in [0.3, 0.4) is 0 Å². The van der Waals surface area contributed by atoms with Crippen molar-refractivity contribution in [3.8, 4) is 5.75 Å². The predicted octanol–water partition coefficient (Wildman–Crippen LogP) is 7.07. The second kappa shape index (κ2) is 9.73. The maximum Gasteiger partial charge on any atom is 0.343 e. The molecule has 0 unspecified atom stereocenters. The summed E-state index contributed by atoms with van der Waals surface area (Å²) in [5, 5.41) is 0. The maximum absolute atomic E-state index is 12.2. The van der Waals surface area contributed by atoms with E-state index in [1.54, 1.807) is 0 Å². The van der Waals surface area contributed by atoms with Gasteiger partial charge in [-0.05, 0) is 74.3 Å². The summed E-state index contributed by atoms with van der Waals surface area (Å²) in [5.41, 5.74) is 3.11. The van der Waals surface area contributed by atoms with E-state index in [4.69, 9.17) is 4.74 Å². The number of hydrogen-bond donors (Lipinski definition) is 0. The van der Waals surface area contributed by atoms with Crippen molar-refractivity contribution >= 4 is 5.97 Å². The van der Waals surface area contributed by atoms with E-state index in [1.165, 1.54) is 56.9 Å². The van der Waals surface area contributed by atoms with Crippen LogP contribution in [0.2, 0.25) is 0 Å². The van der Waals surface area contributed by atoms with Crippen LogP contribution >= 0.6 is 0 Å². The lowest BCUT2D eigenvalue weighted by atomic mass is 9.77. The van der Waals surface area contributed by atoms with E-state index in [9.17, 15) is 4.79 Å². The van der Waals surface area contributed by atoms with Crippen molar-refractivity contribution in [1.29, 1.82) is 0 Å². The predicted molar refractivity (Wildman–Crippen MR) is 111 cm³/mol. The number of unbranched alkanes of at least 4 members (excludes halogenated alkanes) is 2. The van der Waals surface area contributed by atoms with Crippen molar-refractivity contribution < 1.29 is 9.53 Å². The summed E-state index contributed by atoms with van der Waals surface area (Å²) >= 11 is 0. The lowest BCUT2D eigenvalue weighted by Crippen LogP contribution is -2.13. The average molecular weight is 365 g/mol. The zero-order chi connectivity index (χ0) is 19.1. The summed E-state index contributed by atoms with van der Waals surface area (Å²) in [6.07, 6.45) is 10.8. The van der Waals surface area contributed by atoms with Gasteiger partial charge in [0.05, 0.1) is 5.56 Å². The van der Waals surface area contributed by atoms with Crippen LogP contribution in [0.1, 0.15) is 85.7 Å². The minimum absolute atomic E-state index is 0.296. The van der Waals surface area contributed by atoms with E-state index >= 15 is 0 Å². The van der Waals surface area contributed by atoms with Crippen molar-refractivity contribution in [2.45, 2.75) is 71.1 Å². The van der Waals surface area contributed by atoms with Crippen LogP contribution in [-0.2, 0) is 0 Å². The lowest BCUT2D eigenvalue weighted by Gasteiger charge is -2.29. The van der Waals surface area contributed by atoms with E-state index in [0.29, 0.717) is 17.2 Å². The van der Waals surface area contributed by atoms with Crippen LogP contribution in [0.4, 0.5) is 0 Å². The molecule has 27 heavy (non-hydrogen) atoms. The van der Waals surface area contributed by atoms with Gasteiger partial charge in [0.25, 0.3) is 0 Å². The number of aryl methyl sites for hydroxylation is 1. The molecule has 0 amide bonds. The third-order valence-corrected chi connectivity index (χ3v) is 5.91. The van der Waals surface area contributed by atoms with Crippen molar-refractivity contribution in [1.82, 2.24) is 0 Å². The molecule has 0 aliphatic heterocycles. The van der Waals surface area contributed by atoms with Crippen molar-refractivity contribution in [2.75, 3.05) is 0 Å². The molecule has 0 bridgehead atoms. The highest BCUT2D eigenvalue weighted by Gasteiger charge is 2.22. The topological polar surface area (TPSA) is 26.3 Å². The van der Waals surface area contributed by atoms with Crippen molar-refractivity contribution in [3.63, 3.8) is 0 Å². The van der Waals surface area contributed by atoms with E-state index in [0.717, 1.165) is 11.5 Å². The molecule has 0 atom stereocenters. The normalized spacial score (nSPS) is 19.6. The molecule has 0 heterocycles. The molecule has 0 spiro atoms. The average Bonchev–Trinajstić information content (AvgIpc) is 2.70. The molecule has 2 nitrogen and oxygen atoms in total. The molecule has 1 aliphatic rings. The van der Waals surface area contributed by atoms with Gasteiger partial charge in [0.15, 0.2) is 0 Å². The Hall–Kier alpha value is -2.09. The van der Waals surface area contributed by atoms with E-state index in [1.807, 2.05) is 43.3 Å². The summed E-state index contributed by atoms with van der Waals surface area (Å²) in [7, 11) is 0. The first-order valence-electron chi connectivity index (χ1n) is 10.5. The Morgan fingerprint density at radius 1 is 0.926 bits per heavy atom. The monoisotopic (exact) mass is 364 g/mol. The van der Waals surface area contributed by atoms with Crippen LogP contribution in [0.25, 0.3) is 0 Å². The van der Waals surface area contributed by atoms with Gasteiger partial charge in [-0.1, -0.05) is 62.4 Å². The second-order valence-electron chi connectivity index (χ2n) is 8.04. The number of hydrogen-bond acceptors (Lipinski definition) is 2. The van der Waals surface area contributed by atoms with Gasteiger partial charge in [-0.15, -0.1) is 0 Å². The Balaban J connectivity index is 1.50. The molecule has 2 aromatic carbocycles. The molecular weight excluding hydrogens is 332 g/mol. The van der Waals surface area contributed by atoms with Gasteiger partial charge < -0.3 is 4.74 Å². The van der Waals surface area contributed by atoms with Crippen molar-refractivity contribution in [2.24, 2.45) is 5.92 Å². The summed E-state index contributed by atoms with van der Waals surface area (Å²) in [4.78, 5) is 12.2. The summed E-state index contributed by atoms with van der Waals surface area (Å²) in [6.45, 7) is 4.28. The number of esters is 1. The van der Waals surface area contributed by atoms with E-state index < -0.39 is 0 Å². The Labute approximate surface area is 164 Å². The first-order valence-corrected chi connectivity index (χ1v) is 10.5. The molecule has 1 saturated carbocycles. The maximum atomic E-state index is 12.2. The lowest BCUT2D eigenvalue weighted by molar-refractivity contribution is 0.0734. The third kappa shape index (κ3) is 5.69. The first kappa shape index (κ1) is 19.7. The number of ether oxygens (including phenoxy) is 1. The minimum atomic E-state index is -0.296. The zero-order valence-electron chi connectivity index (χ0n) is 16.7. The van der Waals surface area contributed by atoms with Crippen LogP contribution in [0, 0.1) is 12.8 Å². The Kier molecular flexibility index (Phi) is 7.09. The fourth-order valence-corrected chi connectivity index (χ4v) is 4.13. The highest BCUT2D eigenvalue weighted by molar-refractivity contribution is 5.91. The molecule has 0 saturated heterocycles. The summed E-state index contributed by atoms with van der Waals surface area (Å²) < 4.78 is 5.52. The molecule has 3 rings (SSSR count). The van der Waals surface area contributed by atoms with E-state index in [2.05, 4.69) is 19.1 Å². The molecule has 1 fully saturated rings. The SMILES string of the molecule is CCCCCC1CCC(c2ccc(OC(=O)c3ccc(C)cc3)cc2)CC1. The van der Waals surface area contributed by atoms with Gasteiger partial charge in [-0.2, -0.15) is 0 Å². The third-order valence-electron chi connectivity index (χ3n) is 5.91. The fraction of sp³-hybridized carbons (Fsp3) is 0.480. The molecule has 2 heteroatoms. The summed E-state index contributed by atoms with van der Waals surface area (Å²) in [5.74, 6) is 1.92. The largest absolute Gasteiger partial charge is 0.423 e. The Bertz CT molecular complexity index is 707. The molecule has 0 aromatic heterocycles. The number of rotatable bonds is 7. The Morgan fingerprint density at radius 2 is 1.59 bits per heavy atom. The number of carbonyl (C=O) groups excluding carboxylic acids is 1. The first-order chi connectivity index (χ1) is 13.2. The molecule has 144 valence electrons. The highest BCUT2D eigenvalue weighted by atomic mass is 16.5. The molecule has 0 radical (unpaired) electrons. The van der Waals surface area contributed by atoms with Crippen LogP contribution < -0.4 is 4.74 Å². The van der Waals surface area contributed by atoms with Gasteiger partial charge in [0.1, 0.15) is 5.75 Å². The van der Waals surface area contributed by atoms with Gasteiger partial charge in [-0.3, -0.25) is 0 Å². The van der Waals surface area contributed by atoms with Crippen LogP contribution in [0.15, 0.2) is 48.5 Å². The number of benzene rings is 2. The molecular formula is C25H32O2. The smallest absolute Gasteiger partial charge is 0.343 e. The highest BCUT2D eigenvalue weighted by Crippen LogP contribution is 2.38. The number of carbonyl (C=O) groups is 1. The molecule has 2 aromatic rings. The van der Waals surface area contributed by atoms with Gasteiger partial charge in [0, 0.05) is 0 Å². The quantitative estimate of drug-likeness (QED) is 0.298. The van der Waals surface area contributed by atoms with Crippen LogP contribution in [-0.4, -0.2) is 5.97 Å². The Morgan fingerprint density at radius 3 is 2.22 bits per heavy atom. The van der Waals surface area contributed by atoms with Crippen molar-refractivity contribution in [3.05, 3.63) is 65.2 Å². The van der Waals surface area contributed by atoms with Gasteiger partial charge in [0.2, 0.25) is 0 Å². The van der Waals surface area contributed by atoms with Gasteiger partial charge in [-0.25, -0.2) is 4.79 Å². The molecule has 1 aliphatic carbocycles. The van der Waals surface area contributed by atoms with Crippen LogP contribution in [0.5, 0.6) is 5.75 Å². The molecule has 0 N–H and O–H groups in total. The minimum Gasteiger partial charge on any atom is -0.423 e. The van der Waals surface area contributed by atoms with E-state index in [-0.39, 0.29) is 5.97 Å². The fourth-order valence-electron chi connectivity index (χ4n) is 4.13. The standard InChI is InChI=1S/C25H32O2/c1-3-4-5-6-20-9-13-21(14-10-20)22-15-17-24(18-16-22)27-25(26)23-11-7-19(2)8-12-23/h7-8,11-12,15-18,20-21H,3-6,9-10,13-14H2,1-2H3. The second-order valence-corrected chi connectivity index (χ2v) is 8.04. The zero-order valence-corrected chi connectivity index (χ0v) is 16.7.